The van der Waals surface area contributed by atoms with E-state index in [9.17, 15) is 5.11 Å². The van der Waals surface area contributed by atoms with E-state index >= 15 is 0 Å². The zero-order chi connectivity index (χ0) is 10.6. The summed E-state index contributed by atoms with van der Waals surface area (Å²) in [4.78, 5) is 0. The summed E-state index contributed by atoms with van der Waals surface area (Å²) in [7, 11) is 0. The van der Waals surface area contributed by atoms with Crippen molar-refractivity contribution in [3.63, 3.8) is 0 Å². The Kier molecular flexibility index (Phi) is 3.73. The molecule has 0 aliphatic rings. The average Bonchev–Trinajstić information content (AvgIpc) is 2.16. The molecular formula is C10H15NO3. The zero-order valence-corrected chi connectivity index (χ0v) is 8.10. The molecule has 14 heavy (non-hydrogen) atoms. The highest BCUT2D eigenvalue weighted by Gasteiger charge is 2.05. The van der Waals surface area contributed by atoms with Gasteiger partial charge in [-0.25, -0.2) is 0 Å². The van der Waals surface area contributed by atoms with Gasteiger partial charge in [0.2, 0.25) is 0 Å². The van der Waals surface area contributed by atoms with Crippen LogP contribution >= 0.6 is 0 Å². The molecule has 0 amide bonds. The molecule has 0 saturated heterocycles. The number of aliphatic hydroxyl groups is 1. The fourth-order valence-electron chi connectivity index (χ4n) is 1.00. The number of nitrogens with two attached hydrogens (primary N) is 1. The Balaban J connectivity index is 2.59. The number of aromatic hydroxyl groups is 1. The molecule has 4 nitrogen and oxygen atoms in total. The molecule has 1 aromatic rings. The highest BCUT2D eigenvalue weighted by Crippen LogP contribution is 2.26. The Morgan fingerprint density at radius 1 is 1.50 bits per heavy atom. The van der Waals surface area contributed by atoms with Gasteiger partial charge < -0.3 is 20.7 Å². The van der Waals surface area contributed by atoms with E-state index in [4.69, 9.17) is 15.6 Å². The highest BCUT2D eigenvalue weighted by molar-refractivity contribution is 5.41. The van der Waals surface area contributed by atoms with Crippen molar-refractivity contribution in [2.24, 2.45) is 5.73 Å². The van der Waals surface area contributed by atoms with Crippen LogP contribution in [0.4, 0.5) is 0 Å². The first-order valence-electron chi connectivity index (χ1n) is 4.44. The lowest BCUT2D eigenvalue weighted by Gasteiger charge is -2.11. The van der Waals surface area contributed by atoms with Crippen molar-refractivity contribution >= 4 is 0 Å². The minimum atomic E-state index is -0.698. The number of phenols is 1. The Morgan fingerprint density at radius 3 is 2.79 bits per heavy atom. The third kappa shape index (κ3) is 2.90. The second kappa shape index (κ2) is 4.83. The summed E-state index contributed by atoms with van der Waals surface area (Å²) in [6.07, 6.45) is -0.698. The largest absolute Gasteiger partial charge is 0.504 e. The molecule has 1 unspecified atom stereocenters. The SMILES string of the molecule is Cc1ccc(OCC(O)CN)c(O)c1. The normalized spacial score (nSPS) is 12.5. The van der Waals surface area contributed by atoms with E-state index in [0.717, 1.165) is 5.56 Å². The van der Waals surface area contributed by atoms with E-state index in [2.05, 4.69) is 0 Å². The number of aryl methyl sites for hydroxylation is 1. The first kappa shape index (κ1) is 10.8. The van der Waals surface area contributed by atoms with Gasteiger partial charge >= 0.3 is 0 Å². The van der Waals surface area contributed by atoms with Crippen molar-refractivity contribution in [1.82, 2.24) is 0 Å². The van der Waals surface area contributed by atoms with E-state index in [1.165, 1.54) is 0 Å². The lowest BCUT2D eigenvalue weighted by atomic mass is 10.2. The summed E-state index contributed by atoms with van der Waals surface area (Å²) >= 11 is 0. The first-order chi connectivity index (χ1) is 6.63. The molecule has 0 radical (unpaired) electrons. The van der Waals surface area contributed by atoms with Crippen LogP contribution in [0, 0.1) is 6.92 Å². The molecule has 0 spiro atoms. The van der Waals surface area contributed by atoms with Crippen LogP contribution in [0.5, 0.6) is 11.5 Å². The molecule has 0 fully saturated rings. The molecule has 4 N–H and O–H groups in total. The van der Waals surface area contributed by atoms with Crippen LogP contribution in [0.2, 0.25) is 0 Å². The average molecular weight is 197 g/mol. The van der Waals surface area contributed by atoms with Crippen molar-refractivity contribution in [2.75, 3.05) is 13.2 Å². The Hall–Kier alpha value is -1.26. The van der Waals surface area contributed by atoms with Crippen LogP contribution in [0.15, 0.2) is 18.2 Å². The minimum absolute atomic E-state index is 0.0780. The lowest BCUT2D eigenvalue weighted by molar-refractivity contribution is 0.112. The molecular weight excluding hydrogens is 182 g/mol. The second-order valence-corrected chi connectivity index (χ2v) is 3.17. The molecule has 0 saturated carbocycles. The Bertz CT molecular complexity index is 301. The lowest BCUT2D eigenvalue weighted by Crippen LogP contribution is -2.26. The number of ether oxygens (including phenoxy) is 1. The van der Waals surface area contributed by atoms with Crippen molar-refractivity contribution in [2.45, 2.75) is 13.0 Å². The zero-order valence-electron chi connectivity index (χ0n) is 8.10. The van der Waals surface area contributed by atoms with Crippen LogP contribution < -0.4 is 10.5 Å². The molecule has 1 atom stereocenters. The molecule has 78 valence electrons. The predicted octanol–water partition coefficient (Wildman–Crippen LogP) is 0.399. The third-order valence-corrected chi connectivity index (χ3v) is 1.82. The van der Waals surface area contributed by atoms with Crippen molar-refractivity contribution in [3.8, 4) is 11.5 Å². The number of hydrogen-bond acceptors (Lipinski definition) is 4. The number of phenolic OH excluding ortho intramolecular Hbond substituents is 1. The summed E-state index contributed by atoms with van der Waals surface area (Å²) in [6.45, 7) is 2.11. The third-order valence-electron chi connectivity index (χ3n) is 1.82. The minimum Gasteiger partial charge on any atom is -0.504 e. The van der Waals surface area contributed by atoms with E-state index < -0.39 is 6.10 Å². The quantitative estimate of drug-likeness (QED) is 0.653. The molecule has 0 bridgehead atoms. The van der Waals surface area contributed by atoms with Gasteiger partial charge in [0.15, 0.2) is 11.5 Å². The predicted molar refractivity (Wildman–Crippen MR) is 53.4 cm³/mol. The first-order valence-corrected chi connectivity index (χ1v) is 4.44. The highest BCUT2D eigenvalue weighted by atomic mass is 16.5. The summed E-state index contributed by atoms with van der Waals surface area (Å²) in [5, 5.41) is 18.6. The fourth-order valence-corrected chi connectivity index (χ4v) is 1.00. The molecule has 1 rings (SSSR count). The Labute approximate surface area is 82.9 Å². The monoisotopic (exact) mass is 197 g/mol. The maximum absolute atomic E-state index is 9.44. The van der Waals surface area contributed by atoms with Gasteiger partial charge in [-0.05, 0) is 24.6 Å². The second-order valence-electron chi connectivity index (χ2n) is 3.17. The van der Waals surface area contributed by atoms with Gasteiger partial charge in [-0.15, -0.1) is 0 Å². The van der Waals surface area contributed by atoms with Gasteiger partial charge in [0.05, 0.1) is 0 Å². The van der Waals surface area contributed by atoms with Crippen molar-refractivity contribution in [1.29, 1.82) is 0 Å². The van der Waals surface area contributed by atoms with Gasteiger partial charge in [0, 0.05) is 6.54 Å². The summed E-state index contributed by atoms with van der Waals surface area (Å²) < 4.78 is 5.16. The maximum Gasteiger partial charge on any atom is 0.161 e. The van der Waals surface area contributed by atoms with Gasteiger partial charge in [-0.1, -0.05) is 6.07 Å². The van der Waals surface area contributed by atoms with Crippen LogP contribution in [-0.2, 0) is 0 Å². The maximum atomic E-state index is 9.44. The van der Waals surface area contributed by atoms with Crippen LogP contribution in [0.25, 0.3) is 0 Å². The number of benzene rings is 1. The fraction of sp³-hybridized carbons (Fsp3) is 0.400. The van der Waals surface area contributed by atoms with Crippen molar-refractivity contribution in [3.05, 3.63) is 23.8 Å². The topological polar surface area (TPSA) is 75.7 Å². The molecule has 0 aromatic heterocycles. The van der Waals surface area contributed by atoms with E-state index in [1.807, 2.05) is 13.0 Å². The smallest absolute Gasteiger partial charge is 0.161 e. The van der Waals surface area contributed by atoms with E-state index in [-0.39, 0.29) is 18.9 Å². The Morgan fingerprint density at radius 2 is 2.21 bits per heavy atom. The summed E-state index contributed by atoms with van der Waals surface area (Å²) in [5.74, 6) is 0.442. The standard InChI is InChI=1S/C10H15NO3/c1-7-2-3-10(9(13)4-7)14-6-8(12)5-11/h2-4,8,12-13H,5-6,11H2,1H3. The van der Waals surface area contributed by atoms with Gasteiger partial charge in [-0.2, -0.15) is 0 Å². The van der Waals surface area contributed by atoms with Crippen LogP contribution in [-0.4, -0.2) is 29.5 Å². The number of hydrogen-bond donors (Lipinski definition) is 3. The number of aliphatic hydroxyl groups excluding tert-OH is 1. The van der Waals surface area contributed by atoms with Gasteiger partial charge in [0.25, 0.3) is 0 Å². The van der Waals surface area contributed by atoms with Crippen molar-refractivity contribution < 1.29 is 14.9 Å². The van der Waals surface area contributed by atoms with Gasteiger partial charge in [0.1, 0.15) is 12.7 Å². The van der Waals surface area contributed by atoms with Gasteiger partial charge in [-0.3, -0.25) is 0 Å². The van der Waals surface area contributed by atoms with E-state index in [0.29, 0.717) is 5.75 Å². The summed E-state index contributed by atoms with van der Waals surface area (Å²) in [5.41, 5.74) is 6.16. The molecule has 0 heterocycles. The molecule has 0 aliphatic heterocycles. The van der Waals surface area contributed by atoms with Crippen LogP contribution in [0.1, 0.15) is 5.56 Å². The number of rotatable bonds is 4. The molecule has 4 heteroatoms. The van der Waals surface area contributed by atoms with Crippen LogP contribution in [0.3, 0.4) is 0 Å². The molecule has 1 aromatic carbocycles. The summed E-state index contributed by atoms with van der Waals surface area (Å²) in [6, 6.07) is 5.09. The molecule has 0 aliphatic carbocycles. The van der Waals surface area contributed by atoms with E-state index in [1.54, 1.807) is 12.1 Å².